The number of hydrogen-bond acceptors (Lipinski definition) is 4. The van der Waals surface area contributed by atoms with Crippen LogP contribution in [0, 0.1) is 0 Å². The molecule has 0 aromatic heterocycles. The van der Waals surface area contributed by atoms with Gasteiger partial charge in [-0.25, -0.2) is 0 Å². The number of halogens is 1. The number of benzene rings is 2. The third-order valence-corrected chi connectivity index (χ3v) is 4.14. The summed E-state index contributed by atoms with van der Waals surface area (Å²) < 4.78 is 5.10. The summed E-state index contributed by atoms with van der Waals surface area (Å²) in [5.41, 5.74) is 2.20. The Balaban J connectivity index is 1.85. The lowest BCUT2D eigenvalue weighted by Gasteiger charge is -2.12. The highest BCUT2D eigenvalue weighted by Gasteiger charge is 2.07. The molecular weight excluding hydrogens is 366 g/mol. The van der Waals surface area contributed by atoms with Crippen molar-refractivity contribution in [1.82, 2.24) is 5.32 Å². The van der Waals surface area contributed by atoms with Crippen LogP contribution in [0.25, 0.3) is 0 Å². The fraction of sp³-hybridized carbons (Fsp3) is 0.300. The SMILES string of the molecule is CCCC(=O)Nc1ccc(Cl)c(NCC(=O)NCc2ccc(OC)cc2)c1. The first kappa shape index (κ1) is 20.6. The van der Waals surface area contributed by atoms with E-state index in [2.05, 4.69) is 16.0 Å². The van der Waals surface area contributed by atoms with Crippen LogP contribution >= 0.6 is 11.6 Å². The Labute approximate surface area is 164 Å². The number of nitrogens with one attached hydrogen (secondary N) is 3. The number of ether oxygens (including phenoxy) is 1. The number of hydrogen-bond donors (Lipinski definition) is 3. The molecule has 2 aromatic rings. The summed E-state index contributed by atoms with van der Waals surface area (Å²) in [5, 5.41) is 9.12. The minimum absolute atomic E-state index is 0.0528. The van der Waals surface area contributed by atoms with Crippen LogP contribution in [0.2, 0.25) is 5.02 Å². The van der Waals surface area contributed by atoms with Gasteiger partial charge in [-0.2, -0.15) is 0 Å². The van der Waals surface area contributed by atoms with Crippen molar-refractivity contribution in [2.45, 2.75) is 26.3 Å². The van der Waals surface area contributed by atoms with E-state index in [9.17, 15) is 9.59 Å². The van der Waals surface area contributed by atoms with Crippen molar-refractivity contribution in [3.8, 4) is 5.75 Å². The number of amides is 2. The van der Waals surface area contributed by atoms with Gasteiger partial charge in [-0.05, 0) is 42.3 Å². The largest absolute Gasteiger partial charge is 0.497 e. The van der Waals surface area contributed by atoms with Crippen LogP contribution in [0.5, 0.6) is 5.75 Å². The molecule has 2 aromatic carbocycles. The van der Waals surface area contributed by atoms with E-state index < -0.39 is 0 Å². The Kier molecular flexibility index (Phi) is 7.95. The molecule has 2 amide bonds. The van der Waals surface area contributed by atoms with Gasteiger partial charge in [0, 0.05) is 18.7 Å². The molecule has 0 saturated carbocycles. The molecule has 144 valence electrons. The van der Waals surface area contributed by atoms with E-state index in [1.165, 1.54) is 0 Å². The summed E-state index contributed by atoms with van der Waals surface area (Å²) in [7, 11) is 1.61. The fourth-order valence-corrected chi connectivity index (χ4v) is 2.56. The summed E-state index contributed by atoms with van der Waals surface area (Å²) in [5.74, 6) is 0.553. The topological polar surface area (TPSA) is 79.5 Å². The second-order valence-electron chi connectivity index (χ2n) is 5.97. The highest BCUT2D eigenvalue weighted by atomic mass is 35.5. The average molecular weight is 390 g/mol. The van der Waals surface area contributed by atoms with Crippen molar-refractivity contribution in [2.24, 2.45) is 0 Å². The van der Waals surface area contributed by atoms with Gasteiger partial charge in [-0.1, -0.05) is 30.7 Å². The van der Waals surface area contributed by atoms with Crippen molar-refractivity contribution in [2.75, 3.05) is 24.3 Å². The number of methoxy groups -OCH3 is 1. The minimum atomic E-state index is -0.165. The smallest absolute Gasteiger partial charge is 0.239 e. The van der Waals surface area contributed by atoms with Crippen LogP contribution in [-0.2, 0) is 16.1 Å². The number of rotatable bonds is 9. The quantitative estimate of drug-likeness (QED) is 0.609. The van der Waals surface area contributed by atoms with Crippen molar-refractivity contribution >= 4 is 34.8 Å². The van der Waals surface area contributed by atoms with Gasteiger partial charge in [0.25, 0.3) is 0 Å². The summed E-state index contributed by atoms with van der Waals surface area (Å²) in [6.07, 6.45) is 1.23. The lowest BCUT2D eigenvalue weighted by Crippen LogP contribution is -2.29. The molecule has 6 nitrogen and oxygen atoms in total. The second-order valence-corrected chi connectivity index (χ2v) is 6.38. The lowest BCUT2D eigenvalue weighted by molar-refractivity contribution is -0.119. The van der Waals surface area contributed by atoms with E-state index in [1.54, 1.807) is 25.3 Å². The first-order valence-electron chi connectivity index (χ1n) is 8.74. The van der Waals surface area contributed by atoms with Crippen LogP contribution in [0.15, 0.2) is 42.5 Å². The molecule has 0 aliphatic carbocycles. The molecular formula is C20H24ClN3O3. The lowest BCUT2D eigenvalue weighted by atomic mass is 10.2. The molecule has 0 aliphatic heterocycles. The van der Waals surface area contributed by atoms with Gasteiger partial charge in [0.2, 0.25) is 11.8 Å². The third kappa shape index (κ3) is 6.83. The zero-order valence-corrected chi connectivity index (χ0v) is 16.2. The van der Waals surface area contributed by atoms with Gasteiger partial charge in [0.1, 0.15) is 5.75 Å². The normalized spacial score (nSPS) is 10.2. The van der Waals surface area contributed by atoms with E-state index in [0.717, 1.165) is 17.7 Å². The van der Waals surface area contributed by atoms with Crippen molar-refractivity contribution < 1.29 is 14.3 Å². The van der Waals surface area contributed by atoms with Gasteiger partial charge in [-0.3, -0.25) is 9.59 Å². The molecule has 0 spiro atoms. The van der Waals surface area contributed by atoms with Crippen molar-refractivity contribution in [3.05, 3.63) is 53.1 Å². The first-order valence-corrected chi connectivity index (χ1v) is 9.12. The zero-order chi connectivity index (χ0) is 19.6. The van der Waals surface area contributed by atoms with Gasteiger partial charge >= 0.3 is 0 Å². The Morgan fingerprint density at radius 1 is 1.07 bits per heavy atom. The molecule has 0 heterocycles. The van der Waals surface area contributed by atoms with Gasteiger partial charge < -0.3 is 20.7 Å². The molecule has 0 saturated heterocycles. The molecule has 27 heavy (non-hydrogen) atoms. The molecule has 2 rings (SSSR count). The van der Waals surface area contributed by atoms with E-state index >= 15 is 0 Å². The Hall–Kier alpha value is -2.73. The number of carbonyl (C=O) groups is 2. The fourth-order valence-electron chi connectivity index (χ4n) is 2.37. The molecule has 0 fully saturated rings. The van der Waals surface area contributed by atoms with Gasteiger partial charge in [-0.15, -0.1) is 0 Å². The molecule has 3 N–H and O–H groups in total. The second kappa shape index (κ2) is 10.4. The Morgan fingerprint density at radius 3 is 2.48 bits per heavy atom. The summed E-state index contributed by atoms with van der Waals surface area (Å²) in [6.45, 7) is 2.44. The van der Waals surface area contributed by atoms with Crippen molar-refractivity contribution in [1.29, 1.82) is 0 Å². The predicted octanol–water partition coefficient (Wildman–Crippen LogP) is 3.82. The molecule has 0 bridgehead atoms. The van der Waals surface area contributed by atoms with Crippen LogP contribution in [0.4, 0.5) is 11.4 Å². The molecule has 0 atom stereocenters. The maximum Gasteiger partial charge on any atom is 0.239 e. The summed E-state index contributed by atoms with van der Waals surface area (Å²) in [6, 6.07) is 12.6. The van der Waals surface area contributed by atoms with Gasteiger partial charge in [0.05, 0.1) is 24.4 Å². The summed E-state index contributed by atoms with van der Waals surface area (Å²) in [4.78, 5) is 23.8. The monoisotopic (exact) mass is 389 g/mol. The van der Waals surface area contributed by atoms with Gasteiger partial charge in [0.15, 0.2) is 0 Å². The van der Waals surface area contributed by atoms with E-state index in [4.69, 9.17) is 16.3 Å². The minimum Gasteiger partial charge on any atom is -0.497 e. The van der Waals surface area contributed by atoms with Crippen molar-refractivity contribution in [3.63, 3.8) is 0 Å². The highest BCUT2D eigenvalue weighted by Crippen LogP contribution is 2.25. The molecule has 7 heteroatoms. The zero-order valence-electron chi connectivity index (χ0n) is 15.5. The Bertz CT molecular complexity index is 779. The van der Waals surface area contributed by atoms with E-state index in [-0.39, 0.29) is 18.4 Å². The summed E-state index contributed by atoms with van der Waals surface area (Å²) >= 11 is 6.16. The highest BCUT2D eigenvalue weighted by molar-refractivity contribution is 6.33. The molecule has 0 unspecified atom stereocenters. The molecule has 0 aliphatic rings. The van der Waals surface area contributed by atoms with E-state index in [1.807, 2.05) is 31.2 Å². The van der Waals surface area contributed by atoms with Crippen LogP contribution in [-0.4, -0.2) is 25.5 Å². The standard InChI is InChI=1S/C20H24ClN3O3/c1-3-4-19(25)24-15-7-10-17(21)18(11-15)22-13-20(26)23-12-14-5-8-16(27-2)9-6-14/h5-11,22H,3-4,12-13H2,1-2H3,(H,23,26)(H,24,25). The molecule has 0 radical (unpaired) electrons. The number of carbonyl (C=O) groups excluding carboxylic acids is 2. The Morgan fingerprint density at radius 2 is 1.81 bits per heavy atom. The van der Waals surface area contributed by atoms with Crippen LogP contribution in [0.3, 0.4) is 0 Å². The average Bonchev–Trinajstić information content (AvgIpc) is 2.67. The predicted molar refractivity (Wildman–Crippen MR) is 108 cm³/mol. The first-order chi connectivity index (χ1) is 13.0. The van der Waals surface area contributed by atoms with E-state index in [0.29, 0.717) is 29.4 Å². The number of anilines is 2. The third-order valence-electron chi connectivity index (χ3n) is 3.82. The van der Waals surface area contributed by atoms with Crippen LogP contribution < -0.4 is 20.7 Å². The van der Waals surface area contributed by atoms with Crippen LogP contribution in [0.1, 0.15) is 25.3 Å². The maximum atomic E-state index is 12.1. The maximum absolute atomic E-state index is 12.1.